The van der Waals surface area contributed by atoms with E-state index in [1.165, 1.54) is 13.8 Å². The van der Waals surface area contributed by atoms with E-state index in [1.807, 2.05) is 19.1 Å². The number of nitrogens with two attached hydrogens (primary N) is 1. The van der Waals surface area contributed by atoms with Crippen molar-refractivity contribution in [2.75, 3.05) is 13.2 Å². The van der Waals surface area contributed by atoms with Crippen molar-refractivity contribution in [3.63, 3.8) is 0 Å². The highest BCUT2D eigenvalue weighted by Gasteiger charge is 2.35. The highest BCUT2D eigenvalue weighted by atomic mass is 79.9. The van der Waals surface area contributed by atoms with Crippen molar-refractivity contribution in [3.8, 4) is 11.5 Å². The number of rotatable bonds is 4. The monoisotopic (exact) mass is 370 g/mol. The van der Waals surface area contributed by atoms with Crippen molar-refractivity contribution < 1.29 is 19.1 Å². The van der Waals surface area contributed by atoms with Gasteiger partial charge in [-0.1, -0.05) is 15.9 Å². The lowest BCUT2D eigenvalue weighted by Crippen LogP contribution is -2.46. The first-order chi connectivity index (χ1) is 10.2. The fourth-order valence-electron chi connectivity index (χ4n) is 1.98. The van der Waals surface area contributed by atoms with Gasteiger partial charge in [0.2, 0.25) is 11.8 Å². The summed E-state index contributed by atoms with van der Waals surface area (Å²) in [4.78, 5) is 23.6. The first kappa shape index (κ1) is 16.6. The lowest BCUT2D eigenvalue weighted by molar-refractivity contribution is -0.139. The quantitative estimate of drug-likeness (QED) is 0.792. The number of halogens is 1. The van der Waals surface area contributed by atoms with Crippen LogP contribution >= 0.6 is 15.9 Å². The predicted octanol–water partition coefficient (Wildman–Crippen LogP) is 1.91. The van der Waals surface area contributed by atoms with Crippen LogP contribution in [0.3, 0.4) is 0 Å². The Morgan fingerprint density at radius 3 is 2.36 bits per heavy atom. The van der Waals surface area contributed by atoms with E-state index in [0.29, 0.717) is 24.7 Å². The van der Waals surface area contributed by atoms with E-state index < -0.39 is 17.2 Å². The molecular weight excluding hydrogens is 352 g/mol. The van der Waals surface area contributed by atoms with Crippen LogP contribution in [0.25, 0.3) is 0 Å². The topological polar surface area (TPSA) is 90.7 Å². The van der Waals surface area contributed by atoms with E-state index in [-0.39, 0.29) is 6.04 Å². The molecule has 1 aromatic rings. The zero-order valence-electron chi connectivity index (χ0n) is 12.7. The largest absolute Gasteiger partial charge is 0.486 e. The summed E-state index contributed by atoms with van der Waals surface area (Å²) in [5.41, 5.74) is 4.82. The number of hydrogen-bond acceptors (Lipinski definition) is 4. The number of nitrogens with one attached hydrogen (secondary N) is 1. The smallest absolute Gasteiger partial charge is 0.235 e. The standard InChI is InChI=1S/C15H19BrN2O4/c1-8(18-14(20)15(2,3)13(17)19)9-6-11-12(7-10(9)16)22-5-4-21-11/h6-8H,4-5H2,1-3H3,(H2,17,19)(H,18,20). The molecule has 2 rings (SSSR count). The second kappa shape index (κ2) is 6.16. The number of carbonyl (C=O) groups excluding carboxylic acids is 2. The fourth-order valence-corrected chi connectivity index (χ4v) is 2.64. The molecule has 0 fully saturated rings. The normalized spacial score (nSPS) is 15.1. The summed E-state index contributed by atoms with van der Waals surface area (Å²) in [5.74, 6) is 0.213. The molecule has 6 nitrogen and oxygen atoms in total. The molecule has 0 bridgehead atoms. The summed E-state index contributed by atoms with van der Waals surface area (Å²) in [7, 11) is 0. The van der Waals surface area contributed by atoms with Crippen LogP contribution in [0, 0.1) is 5.41 Å². The number of hydrogen-bond donors (Lipinski definition) is 2. The highest BCUT2D eigenvalue weighted by Crippen LogP contribution is 2.38. The van der Waals surface area contributed by atoms with Gasteiger partial charge in [-0.05, 0) is 38.5 Å². The van der Waals surface area contributed by atoms with Gasteiger partial charge < -0.3 is 20.5 Å². The summed E-state index contributed by atoms with van der Waals surface area (Å²) >= 11 is 3.47. The van der Waals surface area contributed by atoms with Crippen molar-refractivity contribution >= 4 is 27.7 Å². The molecule has 1 heterocycles. The maximum atomic E-state index is 12.2. The van der Waals surface area contributed by atoms with E-state index in [4.69, 9.17) is 15.2 Å². The maximum Gasteiger partial charge on any atom is 0.235 e. The minimum absolute atomic E-state index is 0.323. The zero-order valence-corrected chi connectivity index (χ0v) is 14.3. The molecule has 0 aromatic heterocycles. The van der Waals surface area contributed by atoms with Gasteiger partial charge in [0, 0.05) is 4.47 Å². The van der Waals surface area contributed by atoms with Gasteiger partial charge in [-0.2, -0.15) is 0 Å². The number of fused-ring (bicyclic) bond motifs is 1. The van der Waals surface area contributed by atoms with E-state index >= 15 is 0 Å². The molecule has 0 spiro atoms. The van der Waals surface area contributed by atoms with Gasteiger partial charge in [-0.15, -0.1) is 0 Å². The van der Waals surface area contributed by atoms with Crippen LogP contribution in [-0.2, 0) is 9.59 Å². The average molecular weight is 371 g/mol. The molecular formula is C15H19BrN2O4. The molecule has 3 N–H and O–H groups in total. The molecule has 0 saturated carbocycles. The van der Waals surface area contributed by atoms with Gasteiger partial charge in [-0.3, -0.25) is 9.59 Å². The minimum Gasteiger partial charge on any atom is -0.486 e. The first-order valence-corrected chi connectivity index (χ1v) is 7.72. The van der Waals surface area contributed by atoms with E-state index in [1.54, 1.807) is 0 Å². The lowest BCUT2D eigenvalue weighted by atomic mass is 9.91. The second-order valence-electron chi connectivity index (χ2n) is 5.70. The summed E-state index contributed by atoms with van der Waals surface area (Å²) in [6, 6.07) is 3.31. The Morgan fingerprint density at radius 2 is 1.82 bits per heavy atom. The van der Waals surface area contributed by atoms with E-state index in [0.717, 1.165) is 10.0 Å². The Hall–Kier alpha value is -1.76. The molecule has 0 saturated heterocycles. The number of carbonyl (C=O) groups is 2. The molecule has 120 valence electrons. The van der Waals surface area contributed by atoms with Gasteiger partial charge in [0.1, 0.15) is 18.6 Å². The Morgan fingerprint density at radius 1 is 1.27 bits per heavy atom. The molecule has 7 heteroatoms. The van der Waals surface area contributed by atoms with Crippen LogP contribution in [0.5, 0.6) is 11.5 Å². The third-order valence-corrected chi connectivity index (χ3v) is 4.35. The maximum absolute atomic E-state index is 12.2. The van der Waals surface area contributed by atoms with Crippen LogP contribution in [0.2, 0.25) is 0 Å². The number of ether oxygens (including phenoxy) is 2. The molecule has 0 radical (unpaired) electrons. The van der Waals surface area contributed by atoms with Crippen molar-refractivity contribution in [1.82, 2.24) is 5.32 Å². The van der Waals surface area contributed by atoms with Gasteiger partial charge >= 0.3 is 0 Å². The van der Waals surface area contributed by atoms with Gasteiger partial charge in [-0.25, -0.2) is 0 Å². The molecule has 1 atom stereocenters. The number of amides is 2. The Kier molecular flexibility index (Phi) is 4.65. The van der Waals surface area contributed by atoms with Crippen LogP contribution in [-0.4, -0.2) is 25.0 Å². The zero-order chi connectivity index (χ0) is 16.5. The van der Waals surface area contributed by atoms with Crippen molar-refractivity contribution in [2.45, 2.75) is 26.8 Å². The molecule has 1 aromatic carbocycles. The second-order valence-corrected chi connectivity index (χ2v) is 6.56. The van der Waals surface area contributed by atoms with Crippen molar-refractivity contribution in [3.05, 3.63) is 22.2 Å². The third kappa shape index (κ3) is 3.19. The lowest BCUT2D eigenvalue weighted by Gasteiger charge is -2.25. The van der Waals surface area contributed by atoms with Crippen LogP contribution in [0.1, 0.15) is 32.4 Å². The Bertz CT molecular complexity index is 616. The van der Waals surface area contributed by atoms with Crippen molar-refractivity contribution in [1.29, 1.82) is 0 Å². The average Bonchev–Trinajstić information content (AvgIpc) is 2.45. The summed E-state index contributed by atoms with van der Waals surface area (Å²) in [5, 5.41) is 2.80. The molecule has 22 heavy (non-hydrogen) atoms. The van der Waals surface area contributed by atoms with Crippen LogP contribution < -0.4 is 20.5 Å². The van der Waals surface area contributed by atoms with Crippen molar-refractivity contribution in [2.24, 2.45) is 11.1 Å². The van der Waals surface area contributed by atoms with Crippen LogP contribution in [0.15, 0.2) is 16.6 Å². The first-order valence-electron chi connectivity index (χ1n) is 6.93. The number of primary amides is 1. The SMILES string of the molecule is CC(NC(=O)C(C)(C)C(N)=O)c1cc2c(cc1Br)OCCO2. The Balaban J connectivity index is 2.21. The summed E-state index contributed by atoms with van der Waals surface area (Å²) in [6.45, 7) is 5.82. The number of benzene rings is 1. The van der Waals surface area contributed by atoms with Gasteiger partial charge in [0.15, 0.2) is 11.5 Å². The third-order valence-electron chi connectivity index (χ3n) is 3.66. The fraction of sp³-hybridized carbons (Fsp3) is 0.467. The van der Waals surface area contributed by atoms with E-state index in [9.17, 15) is 9.59 Å². The molecule has 1 aliphatic heterocycles. The summed E-state index contributed by atoms with van der Waals surface area (Å²) in [6.07, 6.45) is 0. The molecule has 0 aliphatic carbocycles. The van der Waals surface area contributed by atoms with E-state index in [2.05, 4.69) is 21.2 Å². The van der Waals surface area contributed by atoms with Crippen LogP contribution in [0.4, 0.5) is 0 Å². The molecule has 1 unspecified atom stereocenters. The predicted molar refractivity (Wildman–Crippen MR) is 84.7 cm³/mol. The Labute approximate surface area is 137 Å². The molecule has 2 amide bonds. The molecule has 1 aliphatic rings. The van der Waals surface area contributed by atoms with Gasteiger partial charge in [0.25, 0.3) is 0 Å². The minimum atomic E-state index is -1.27. The summed E-state index contributed by atoms with van der Waals surface area (Å²) < 4.78 is 11.8. The highest BCUT2D eigenvalue weighted by molar-refractivity contribution is 9.10. The van der Waals surface area contributed by atoms with Gasteiger partial charge in [0.05, 0.1) is 6.04 Å².